The quantitative estimate of drug-likeness (QED) is 0.648. The van der Waals surface area contributed by atoms with Gasteiger partial charge in [0.05, 0.1) is 11.0 Å². The first kappa shape index (κ1) is 15.1. The molecule has 1 heterocycles. The average Bonchev–Trinajstić information content (AvgIpc) is 2.74. The second-order valence-corrected chi connectivity index (χ2v) is 6.52. The van der Waals surface area contributed by atoms with Crippen LogP contribution in [0.15, 0.2) is 16.3 Å². The van der Waals surface area contributed by atoms with Gasteiger partial charge >= 0.3 is 5.97 Å². The lowest BCUT2D eigenvalue weighted by atomic mass is 10.2. The van der Waals surface area contributed by atoms with E-state index in [1.807, 2.05) is 0 Å². The van der Waals surface area contributed by atoms with Gasteiger partial charge in [0.1, 0.15) is 4.88 Å². The first-order chi connectivity index (χ1) is 8.33. The molecule has 1 atom stereocenters. The summed E-state index contributed by atoms with van der Waals surface area (Å²) in [6, 6.07) is 1.13. The van der Waals surface area contributed by atoms with Gasteiger partial charge in [-0.05, 0) is 25.8 Å². The highest BCUT2D eigenvalue weighted by Gasteiger charge is 2.17. The molecule has 0 fully saturated rings. The van der Waals surface area contributed by atoms with E-state index < -0.39 is 22.1 Å². The highest BCUT2D eigenvalue weighted by Crippen LogP contribution is 2.19. The number of sulfonamides is 1. The monoisotopic (exact) mass is 293 g/mol. The molecule has 0 bridgehead atoms. The Hall–Kier alpha value is -0.960. The van der Waals surface area contributed by atoms with Crippen molar-refractivity contribution in [3.63, 3.8) is 0 Å². The predicted molar refractivity (Wildman–Crippen MR) is 67.4 cm³/mol. The van der Waals surface area contributed by atoms with E-state index in [1.54, 1.807) is 6.92 Å². The molecule has 0 aromatic carbocycles. The second kappa shape index (κ2) is 6.28. The third kappa shape index (κ3) is 4.37. The average molecular weight is 293 g/mol. The maximum Gasteiger partial charge on any atom is 0.345 e. The van der Waals surface area contributed by atoms with Gasteiger partial charge in [0.25, 0.3) is 0 Å². The summed E-state index contributed by atoms with van der Waals surface area (Å²) in [5, 5.41) is 19.0. The lowest BCUT2D eigenvalue weighted by molar-refractivity contribution is 0.0702. The molecular formula is C10H15NO5S2. The van der Waals surface area contributed by atoms with E-state index in [0.717, 1.165) is 17.4 Å². The first-order valence-electron chi connectivity index (χ1n) is 5.32. The SMILES string of the molecule is CC(O)CCCNS(=O)(=O)c1csc(C(=O)O)c1. The van der Waals surface area contributed by atoms with Gasteiger partial charge in [-0.15, -0.1) is 11.3 Å². The molecule has 1 aromatic rings. The van der Waals surface area contributed by atoms with Crippen molar-refractivity contribution in [3.8, 4) is 0 Å². The molecule has 0 radical (unpaired) electrons. The molecule has 102 valence electrons. The van der Waals surface area contributed by atoms with Crippen molar-refractivity contribution < 1.29 is 23.4 Å². The van der Waals surface area contributed by atoms with Gasteiger partial charge in [0.2, 0.25) is 10.0 Å². The molecule has 1 aromatic heterocycles. The van der Waals surface area contributed by atoms with Crippen LogP contribution in [0.25, 0.3) is 0 Å². The summed E-state index contributed by atoms with van der Waals surface area (Å²) in [5.41, 5.74) is 0. The topological polar surface area (TPSA) is 104 Å². The third-order valence-electron chi connectivity index (χ3n) is 2.19. The second-order valence-electron chi connectivity index (χ2n) is 3.84. The number of carboxylic acids is 1. The maximum absolute atomic E-state index is 11.8. The molecule has 1 unspecified atom stereocenters. The first-order valence-corrected chi connectivity index (χ1v) is 7.69. The highest BCUT2D eigenvalue weighted by atomic mass is 32.2. The summed E-state index contributed by atoms with van der Waals surface area (Å²) in [4.78, 5) is 10.6. The Labute approximate surface area is 109 Å². The van der Waals surface area contributed by atoms with Crippen LogP contribution < -0.4 is 4.72 Å². The van der Waals surface area contributed by atoms with Gasteiger partial charge in [-0.3, -0.25) is 0 Å². The van der Waals surface area contributed by atoms with Crippen molar-refractivity contribution in [2.24, 2.45) is 0 Å². The molecule has 0 amide bonds. The molecule has 18 heavy (non-hydrogen) atoms. The van der Waals surface area contributed by atoms with E-state index >= 15 is 0 Å². The maximum atomic E-state index is 11.8. The molecule has 0 aliphatic heterocycles. The number of nitrogens with one attached hydrogen (secondary N) is 1. The van der Waals surface area contributed by atoms with Crippen molar-refractivity contribution in [2.45, 2.75) is 30.8 Å². The van der Waals surface area contributed by atoms with Crippen molar-refractivity contribution in [1.82, 2.24) is 4.72 Å². The Morgan fingerprint density at radius 3 is 2.72 bits per heavy atom. The van der Waals surface area contributed by atoms with Crippen LogP contribution in [0.2, 0.25) is 0 Å². The van der Waals surface area contributed by atoms with Crippen LogP contribution in [0.3, 0.4) is 0 Å². The summed E-state index contributed by atoms with van der Waals surface area (Å²) >= 11 is 0.870. The van der Waals surface area contributed by atoms with Crippen LogP contribution >= 0.6 is 11.3 Å². The summed E-state index contributed by atoms with van der Waals surface area (Å²) < 4.78 is 25.9. The van der Waals surface area contributed by atoms with Crippen LogP contribution in [0.5, 0.6) is 0 Å². The predicted octanol–water partition coefficient (Wildman–Crippen LogP) is 0.886. The van der Waals surface area contributed by atoms with Gasteiger partial charge in [0, 0.05) is 11.9 Å². The number of thiophene rings is 1. The van der Waals surface area contributed by atoms with Crippen molar-refractivity contribution in [3.05, 3.63) is 16.3 Å². The van der Waals surface area contributed by atoms with Crippen LogP contribution in [-0.4, -0.2) is 37.2 Å². The summed E-state index contributed by atoms with van der Waals surface area (Å²) in [5.74, 6) is -1.14. The van der Waals surface area contributed by atoms with Gasteiger partial charge in [-0.1, -0.05) is 0 Å². The number of hydrogen-bond acceptors (Lipinski definition) is 5. The molecule has 3 N–H and O–H groups in total. The Morgan fingerprint density at radius 1 is 1.56 bits per heavy atom. The zero-order valence-electron chi connectivity index (χ0n) is 9.79. The fraction of sp³-hybridized carbons (Fsp3) is 0.500. The summed E-state index contributed by atoms with van der Waals surface area (Å²) in [7, 11) is -3.66. The third-order valence-corrected chi connectivity index (χ3v) is 4.70. The van der Waals surface area contributed by atoms with E-state index in [-0.39, 0.29) is 16.3 Å². The van der Waals surface area contributed by atoms with E-state index in [4.69, 9.17) is 10.2 Å². The van der Waals surface area contributed by atoms with Crippen LogP contribution in [0.1, 0.15) is 29.4 Å². The number of aliphatic hydroxyl groups is 1. The van der Waals surface area contributed by atoms with Gasteiger partial charge < -0.3 is 10.2 Å². The zero-order chi connectivity index (χ0) is 13.8. The van der Waals surface area contributed by atoms with Gasteiger partial charge in [0.15, 0.2) is 0 Å². The molecule has 0 saturated carbocycles. The van der Waals surface area contributed by atoms with Crippen molar-refractivity contribution in [2.75, 3.05) is 6.54 Å². The number of hydrogen-bond donors (Lipinski definition) is 3. The normalized spacial score (nSPS) is 13.4. The van der Waals surface area contributed by atoms with E-state index in [1.165, 1.54) is 5.38 Å². The van der Waals surface area contributed by atoms with Crippen LogP contribution in [0.4, 0.5) is 0 Å². The van der Waals surface area contributed by atoms with Crippen LogP contribution in [-0.2, 0) is 10.0 Å². The Bertz CT molecular complexity index is 506. The minimum Gasteiger partial charge on any atom is -0.477 e. The number of carboxylic acid groups (broad SMARTS) is 1. The Morgan fingerprint density at radius 2 is 2.22 bits per heavy atom. The zero-order valence-corrected chi connectivity index (χ0v) is 11.4. The molecule has 6 nitrogen and oxygen atoms in total. The molecule has 0 aliphatic carbocycles. The Balaban J connectivity index is 2.60. The molecular weight excluding hydrogens is 278 g/mol. The Kier molecular flexibility index (Phi) is 5.27. The fourth-order valence-electron chi connectivity index (χ4n) is 1.26. The summed E-state index contributed by atoms with van der Waals surface area (Å²) in [6.07, 6.45) is 0.563. The van der Waals surface area contributed by atoms with Crippen molar-refractivity contribution in [1.29, 1.82) is 0 Å². The molecule has 0 spiro atoms. The molecule has 0 aliphatic rings. The van der Waals surface area contributed by atoms with E-state index in [9.17, 15) is 13.2 Å². The number of carbonyl (C=O) groups is 1. The van der Waals surface area contributed by atoms with Gasteiger partial charge in [-0.2, -0.15) is 0 Å². The number of aromatic carboxylic acids is 1. The molecule has 1 rings (SSSR count). The molecule has 8 heteroatoms. The standard InChI is InChI=1S/C10H15NO5S2/c1-7(12)3-2-4-11-18(15,16)8-5-9(10(13)14)17-6-8/h5-7,11-12H,2-4H2,1H3,(H,13,14). The minimum atomic E-state index is -3.66. The van der Waals surface area contributed by atoms with Crippen molar-refractivity contribution >= 4 is 27.3 Å². The minimum absolute atomic E-state index is 0.0145. The smallest absolute Gasteiger partial charge is 0.345 e. The summed E-state index contributed by atoms with van der Waals surface area (Å²) in [6.45, 7) is 1.85. The fourth-order valence-corrected chi connectivity index (χ4v) is 3.44. The largest absolute Gasteiger partial charge is 0.477 e. The van der Waals surface area contributed by atoms with Crippen LogP contribution in [0, 0.1) is 0 Å². The lowest BCUT2D eigenvalue weighted by Gasteiger charge is -2.06. The number of rotatable bonds is 7. The van der Waals surface area contributed by atoms with E-state index in [2.05, 4.69) is 4.72 Å². The highest BCUT2D eigenvalue weighted by molar-refractivity contribution is 7.89. The van der Waals surface area contributed by atoms with Gasteiger partial charge in [-0.25, -0.2) is 17.9 Å². The number of aliphatic hydroxyl groups excluding tert-OH is 1. The van der Waals surface area contributed by atoms with E-state index in [0.29, 0.717) is 12.8 Å². The lowest BCUT2D eigenvalue weighted by Crippen LogP contribution is -2.25. The molecule has 0 saturated heterocycles.